The van der Waals surface area contributed by atoms with E-state index in [1.165, 1.54) is 22.3 Å². The van der Waals surface area contributed by atoms with Gasteiger partial charge in [0, 0.05) is 17.4 Å². The highest BCUT2D eigenvalue weighted by Crippen LogP contribution is 2.45. The maximum absolute atomic E-state index is 6.27. The van der Waals surface area contributed by atoms with E-state index in [-0.39, 0.29) is 0 Å². The molecule has 2 heterocycles. The molecule has 0 spiro atoms. The Morgan fingerprint density at radius 2 is 0.955 bits per heavy atom. The molecule has 0 aliphatic rings. The quantitative estimate of drug-likeness (QED) is 0.201. The zero-order chi connectivity index (χ0) is 29.3. The van der Waals surface area contributed by atoms with Crippen LogP contribution in [0.4, 0.5) is 17.1 Å². The van der Waals surface area contributed by atoms with Crippen LogP contribution >= 0.6 is 0 Å². The minimum absolute atomic E-state index is 0.777. The number of para-hydroxylation sites is 1. The van der Waals surface area contributed by atoms with Crippen LogP contribution in [0.5, 0.6) is 0 Å². The molecule has 3 nitrogen and oxygen atoms in total. The van der Waals surface area contributed by atoms with Crippen molar-refractivity contribution in [2.24, 2.45) is 0 Å². The molecule has 2 aromatic heterocycles. The van der Waals surface area contributed by atoms with Gasteiger partial charge in [0.2, 0.25) is 0 Å². The summed E-state index contributed by atoms with van der Waals surface area (Å²) in [7, 11) is 0. The lowest BCUT2D eigenvalue weighted by atomic mass is 9.98. The van der Waals surface area contributed by atoms with Gasteiger partial charge in [-0.25, -0.2) is 0 Å². The predicted molar refractivity (Wildman–Crippen MR) is 183 cm³/mol. The predicted octanol–water partition coefficient (Wildman–Crippen LogP) is 11.5. The minimum Gasteiger partial charge on any atom is -0.454 e. The lowest BCUT2D eigenvalue weighted by Crippen LogP contribution is -2.11. The van der Waals surface area contributed by atoms with E-state index in [0.717, 1.165) is 50.3 Å². The highest BCUT2D eigenvalue weighted by Gasteiger charge is 2.22. The van der Waals surface area contributed by atoms with Crippen molar-refractivity contribution in [3.05, 3.63) is 170 Å². The molecule has 0 radical (unpaired) electrons. The number of nitrogens with zero attached hydrogens (tertiary/aromatic N) is 2. The molecule has 0 N–H and O–H groups in total. The molecule has 0 aliphatic heterocycles. The van der Waals surface area contributed by atoms with Crippen LogP contribution < -0.4 is 4.90 Å². The summed E-state index contributed by atoms with van der Waals surface area (Å²) in [5, 5.41) is 0.990. The first-order chi connectivity index (χ1) is 21.8. The van der Waals surface area contributed by atoms with Gasteiger partial charge in [0.15, 0.2) is 5.58 Å². The van der Waals surface area contributed by atoms with Crippen LogP contribution in [0.3, 0.4) is 0 Å². The van der Waals surface area contributed by atoms with Gasteiger partial charge in [-0.2, -0.15) is 0 Å². The summed E-state index contributed by atoms with van der Waals surface area (Å²) in [6, 6.07) is 57.4. The van der Waals surface area contributed by atoms with Crippen molar-refractivity contribution in [1.29, 1.82) is 0 Å². The molecule has 0 bridgehead atoms. The molecule has 0 fully saturated rings. The summed E-state index contributed by atoms with van der Waals surface area (Å²) < 4.78 is 6.27. The van der Waals surface area contributed by atoms with E-state index in [0.29, 0.717) is 0 Å². The van der Waals surface area contributed by atoms with Gasteiger partial charge in [0.25, 0.3) is 0 Å². The fourth-order valence-electron chi connectivity index (χ4n) is 6.04. The SMILES string of the molecule is c1ccc(-c2ccc(-c3ccccc3N(c3ccc(-c4ccccc4)cc3)c3cccc4oc5cccnc5c34)cc2)cc1. The summed E-state index contributed by atoms with van der Waals surface area (Å²) in [6.45, 7) is 0. The molecule has 0 saturated carbocycles. The lowest BCUT2D eigenvalue weighted by Gasteiger charge is -2.28. The lowest BCUT2D eigenvalue weighted by molar-refractivity contribution is 0.668. The van der Waals surface area contributed by atoms with Crippen molar-refractivity contribution in [1.82, 2.24) is 4.98 Å². The van der Waals surface area contributed by atoms with Crippen LogP contribution in [0.25, 0.3) is 55.4 Å². The second-order valence-corrected chi connectivity index (χ2v) is 10.8. The van der Waals surface area contributed by atoms with Gasteiger partial charge < -0.3 is 9.32 Å². The van der Waals surface area contributed by atoms with Gasteiger partial charge in [-0.1, -0.05) is 121 Å². The molecular formula is C41H28N2O. The third-order valence-electron chi connectivity index (χ3n) is 8.15. The van der Waals surface area contributed by atoms with Crippen LogP contribution in [-0.4, -0.2) is 4.98 Å². The van der Waals surface area contributed by atoms with E-state index in [1.54, 1.807) is 0 Å². The normalized spacial score (nSPS) is 11.2. The van der Waals surface area contributed by atoms with E-state index in [1.807, 2.05) is 36.5 Å². The van der Waals surface area contributed by atoms with Crippen LogP contribution in [0, 0.1) is 0 Å². The molecule has 8 aromatic rings. The molecule has 0 saturated heterocycles. The Hall–Kier alpha value is -5.93. The first-order valence-electron chi connectivity index (χ1n) is 14.8. The molecule has 0 amide bonds. The van der Waals surface area contributed by atoms with E-state index in [4.69, 9.17) is 9.40 Å². The number of hydrogen-bond donors (Lipinski definition) is 0. The van der Waals surface area contributed by atoms with Crippen molar-refractivity contribution < 1.29 is 4.42 Å². The van der Waals surface area contributed by atoms with Gasteiger partial charge in [0.05, 0.1) is 16.8 Å². The smallest absolute Gasteiger partial charge is 0.153 e. The number of furan rings is 1. The van der Waals surface area contributed by atoms with Gasteiger partial charge >= 0.3 is 0 Å². The van der Waals surface area contributed by atoms with Crippen molar-refractivity contribution in [3.8, 4) is 33.4 Å². The maximum atomic E-state index is 6.27. The van der Waals surface area contributed by atoms with Gasteiger partial charge in [0.1, 0.15) is 11.1 Å². The fourth-order valence-corrected chi connectivity index (χ4v) is 6.04. The number of aromatic nitrogens is 1. The maximum Gasteiger partial charge on any atom is 0.153 e. The molecule has 3 heteroatoms. The third kappa shape index (κ3) is 4.61. The Labute approximate surface area is 256 Å². The number of rotatable bonds is 6. The van der Waals surface area contributed by atoms with Crippen molar-refractivity contribution in [3.63, 3.8) is 0 Å². The van der Waals surface area contributed by atoms with Crippen molar-refractivity contribution in [2.75, 3.05) is 4.90 Å². The molecule has 44 heavy (non-hydrogen) atoms. The number of fused-ring (bicyclic) bond motifs is 3. The summed E-state index contributed by atoms with van der Waals surface area (Å²) in [6.07, 6.45) is 1.83. The minimum atomic E-state index is 0.777. The van der Waals surface area contributed by atoms with E-state index in [9.17, 15) is 0 Å². The highest BCUT2D eigenvalue weighted by atomic mass is 16.3. The van der Waals surface area contributed by atoms with Gasteiger partial charge in [-0.3, -0.25) is 4.98 Å². The van der Waals surface area contributed by atoms with E-state index < -0.39 is 0 Å². The van der Waals surface area contributed by atoms with Crippen LogP contribution in [0.1, 0.15) is 0 Å². The Bertz CT molecular complexity index is 2200. The second-order valence-electron chi connectivity index (χ2n) is 10.8. The molecule has 0 unspecified atom stereocenters. The average Bonchev–Trinajstić information content (AvgIpc) is 3.49. The molecule has 0 atom stereocenters. The monoisotopic (exact) mass is 564 g/mol. The zero-order valence-electron chi connectivity index (χ0n) is 24.0. The Kier molecular flexibility index (Phi) is 6.47. The number of hydrogen-bond acceptors (Lipinski definition) is 3. The van der Waals surface area contributed by atoms with Crippen LogP contribution in [0.15, 0.2) is 174 Å². The van der Waals surface area contributed by atoms with E-state index in [2.05, 4.69) is 138 Å². The second kappa shape index (κ2) is 11.0. The van der Waals surface area contributed by atoms with Crippen LogP contribution in [-0.2, 0) is 0 Å². The standard InChI is InChI=1S/C41H28N2O/c1-3-11-29(12-4-1)31-20-22-33(23-21-31)35-15-7-8-16-36(35)43(34-26-24-32(25-27-34)30-13-5-2-6-14-30)37-17-9-18-38-40(37)41-39(44-38)19-10-28-42-41/h1-28H. The Morgan fingerprint density at radius 1 is 0.409 bits per heavy atom. The Morgan fingerprint density at radius 3 is 1.66 bits per heavy atom. The van der Waals surface area contributed by atoms with E-state index >= 15 is 0 Å². The zero-order valence-corrected chi connectivity index (χ0v) is 24.0. The number of benzene rings is 6. The van der Waals surface area contributed by atoms with Crippen molar-refractivity contribution >= 4 is 39.1 Å². The average molecular weight is 565 g/mol. The largest absolute Gasteiger partial charge is 0.454 e. The third-order valence-corrected chi connectivity index (χ3v) is 8.15. The topological polar surface area (TPSA) is 29.3 Å². The number of anilines is 3. The highest BCUT2D eigenvalue weighted by molar-refractivity contribution is 6.12. The first kappa shape index (κ1) is 25.8. The summed E-state index contributed by atoms with van der Waals surface area (Å²) in [5.41, 5.74) is 12.6. The summed E-state index contributed by atoms with van der Waals surface area (Å²) >= 11 is 0. The van der Waals surface area contributed by atoms with Gasteiger partial charge in [-0.05, 0) is 70.3 Å². The summed E-state index contributed by atoms with van der Waals surface area (Å²) in [5.74, 6) is 0. The number of pyridine rings is 1. The Balaban J connectivity index is 1.32. The first-order valence-corrected chi connectivity index (χ1v) is 14.8. The fraction of sp³-hybridized carbons (Fsp3) is 0. The van der Waals surface area contributed by atoms with Crippen LogP contribution in [0.2, 0.25) is 0 Å². The molecule has 208 valence electrons. The molecule has 8 rings (SSSR count). The summed E-state index contributed by atoms with van der Waals surface area (Å²) in [4.78, 5) is 7.09. The molecule has 0 aliphatic carbocycles. The van der Waals surface area contributed by atoms with Gasteiger partial charge in [-0.15, -0.1) is 0 Å². The molecular weight excluding hydrogens is 536 g/mol. The van der Waals surface area contributed by atoms with Crippen molar-refractivity contribution in [2.45, 2.75) is 0 Å². The molecule has 6 aromatic carbocycles.